The molecule has 2 N–H and O–H groups in total. The Morgan fingerprint density at radius 1 is 0.966 bits per heavy atom. The van der Waals surface area contributed by atoms with Crippen LogP contribution < -0.4 is 15.4 Å². The van der Waals surface area contributed by atoms with E-state index in [1.54, 1.807) is 19.2 Å². The molecule has 158 valence electrons. The lowest BCUT2D eigenvalue weighted by molar-refractivity contribution is -0.153. The summed E-state index contributed by atoms with van der Waals surface area (Å²) in [5.41, 5.74) is 3.34. The zero-order valence-electron chi connectivity index (χ0n) is 16.9. The summed E-state index contributed by atoms with van der Waals surface area (Å²) in [7, 11) is 5.75. The number of rotatable bonds is 8. The topological polar surface area (TPSA) is 48.9 Å². The van der Waals surface area contributed by atoms with Gasteiger partial charge in [0.25, 0.3) is 0 Å². The number of nitrogens with one attached hydrogen (secondary N) is 2. The van der Waals surface area contributed by atoms with Crippen molar-refractivity contribution in [3.05, 3.63) is 65.2 Å². The number of guanidine groups is 1. The minimum atomic E-state index is -4.34. The van der Waals surface area contributed by atoms with Crippen LogP contribution in [-0.4, -0.2) is 44.8 Å². The predicted molar refractivity (Wildman–Crippen MR) is 109 cm³/mol. The summed E-state index contributed by atoms with van der Waals surface area (Å²) in [6.07, 6.45) is -4.34. The molecule has 29 heavy (non-hydrogen) atoms. The van der Waals surface area contributed by atoms with Crippen LogP contribution in [0.3, 0.4) is 0 Å². The van der Waals surface area contributed by atoms with Gasteiger partial charge in [-0.3, -0.25) is 4.99 Å². The van der Waals surface area contributed by atoms with Gasteiger partial charge in [-0.25, -0.2) is 0 Å². The van der Waals surface area contributed by atoms with E-state index in [4.69, 9.17) is 4.74 Å². The molecule has 0 radical (unpaired) electrons. The van der Waals surface area contributed by atoms with Crippen molar-refractivity contribution in [3.8, 4) is 5.75 Å². The fourth-order valence-corrected chi connectivity index (χ4v) is 2.68. The molecule has 0 aliphatic carbocycles. The van der Waals surface area contributed by atoms with Crippen LogP contribution in [0.5, 0.6) is 5.75 Å². The van der Waals surface area contributed by atoms with E-state index >= 15 is 0 Å². The second kappa shape index (κ2) is 10.7. The third-order valence-electron chi connectivity index (χ3n) is 4.06. The number of hydrogen-bond donors (Lipinski definition) is 2. The fourth-order valence-electron chi connectivity index (χ4n) is 2.68. The van der Waals surface area contributed by atoms with Crippen LogP contribution in [0.4, 0.5) is 13.2 Å². The van der Waals surface area contributed by atoms with Crippen LogP contribution in [0, 0.1) is 0 Å². The van der Waals surface area contributed by atoms with Gasteiger partial charge in [-0.15, -0.1) is 0 Å². The SMILES string of the molecule is CN=C(NCc1ccc(OCC(F)(F)F)cc1)NCc1ccccc1CN(C)C. The first kappa shape index (κ1) is 22.5. The second-order valence-electron chi connectivity index (χ2n) is 6.83. The third kappa shape index (κ3) is 8.43. The maximum absolute atomic E-state index is 12.2. The minimum Gasteiger partial charge on any atom is -0.484 e. The van der Waals surface area contributed by atoms with Crippen molar-refractivity contribution in [3.63, 3.8) is 0 Å². The van der Waals surface area contributed by atoms with E-state index in [-0.39, 0.29) is 5.75 Å². The average molecular weight is 408 g/mol. The molecule has 8 heteroatoms. The van der Waals surface area contributed by atoms with Crippen molar-refractivity contribution in [1.82, 2.24) is 15.5 Å². The molecule has 0 aliphatic rings. The molecule has 2 aromatic carbocycles. The molecular weight excluding hydrogens is 381 g/mol. The van der Waals surface area contributed by atoms with E-state index < -0.39 is 12.8 Å². The van der Waals surface area contributed by atoms with Crippen molar-refractivity contribution in [2.45, 2.75) is 25.8 Å². The lowest BCUT2D eigenvalue weighted by Crippen LogP contribution is -2.36. The van der Waals surface area contributed by atoms with E-state index in [2.05, 4.69) is 32.7 Å². The molecule has 2 rings (SSSR count). The van der Waals surface area contributed by atoms with Gasteiger partial charge >= 0.3 is 6.18 Å². The van der Waals surface area contributed by atoms with Crippen LogP contribution in [-0.2, 0) is 19.6 Å². The lowest BCUT2D eigenvalue weighted by atomic mass is 10.1. The molecule has 5 nitrogen and oxygen atoms in total. The molecule has 0 saturated heterocycles. The Bertz CT molecular complexity index is 789. The Balaban J connectivity index is 1.85. The standard InChI is InChI=1S/C21H27F3N4O/c1-25-20(27-13-17-6-4-5-7-18(17)14-28(2)3)26-12-16-8-10-19(11-9-16)29-15-21(22,23)24/h4-11H,12-15H2,1-3H3,(H2,25,26,27). The number of hydrogen-bond acceptors (Lipinski definition) is 3. The highest BCUT2D eigenvalue weighted by Crippen LogP contribution is 2.18. The van der Waals surface area contributed by atoms with Crippen molar-refractivity contribution < 1.29 is 17.9 Å². The van der Waals surface area contributed by atoms with E-state index in [1.807, 2.05) is 26.2 Å². The molecule has 0 saturated carbocycles. The van der Waals surface area contributed by atoms with Gasteiger partial charge < -0.3 is 20.3 Å². The molecule has 0 aliphatic heterocycles. The molecule has 0 bridgehead atoms. The number of ether oxygens (including phenoxy) is 1. The molecule has 0 amide bonds. The fraction of sp³-hybridized carbons (Fsp3) is 0.381. The maximum Gasteiger partial charge on any atom is 0.422 e. The molecule has 0 fully saturated rings. The summed E-state index contributed by atoms with van der Waals surface area (Å²) in [4.78, 5) is 6.34. The van der Waals surface area contributed by atoms with E-state index in [0.29, 0.717) is 19.0 Å². The minimum absolute atomic E-state index is 0.186. The summed E-state index contributed by atoms with van der Waals surface area (Å²) in [6.45, 7) is 0.676. The van der Waals surface area contributed by atoms with Crippen LogP contribution in [0.15, 0.2) is 53.5 Å². The zero-order valence-corrected chi connectivity index (χ0v) is 16.9. The summed E-state index contributed by atoms with van der Waals surface area (Å²) in [6, 6.07) is 14.7. The number of benzene rings is 2. The molecule has 0 aromatic heterocycles. The van der Waals surface area contributed by atoms with Crippen LogP contribution >= 0.6 is 0 Å². The molecule has 0 spiro atoms. The largest absolute Gasteiger partial charge is 0.484 e. The third-order valence-corrected chi connectivity index (χ3v) is 4.06. The van der Waals surface area contributed by atoms with Crippen LogP contribution in [0.2, 0.25) is 0 Å². The van der Waals surface area contributed by atoms with Gasteiger partial charge in [0.05, 0.1) is 0 Å². The molecule has 0 atom stereocenters. The van der Waals surface area contributed by atoms with Gasteiger partial charge in [0.1, 0.15) is 5.75 Å². The van der Waals surface area contributed by atoms with Gasteiger partial charge in [0, 0.05) is 26.7 Å². The van der Waals surface area contributed by atoms with Crippen LogP contribution in [0.1, 0.15) is 16.7 Å². The van der Waals surface area contributed by atoms with E-state index in [0.717, 1.165) is 12.1 Å². The van der Waals surface area contributed by atoms with Crippen LogP contribution in [0.25, 0.3) is 0 Å². The highest BCUT2D eigenvalue weighted by atomic mass is 19.4. The summed E-state index contributed by atoms with van der Waals surface area (Å²) >= 11 is 0. The van der Waals surface area contributed by atoms with E-state index in [9.17, 15) is 13.2 Å². The predicted octanol–water partition coefficient (Wildman–Crippen LogP) is 3.55. The van der Waals surface area contributed by atoms with Crippen molar-refractivity contribution >= 4 is 5.96 Å². The van der Waals surface area contributed by atoms with Gasteiger partial charge in [0.2, 0.25) is 0 Å². The highest BCUT2D eigenvalue weighted by Gasteiger charge is 2.28. The first-order valence-electron chi connectivity index (χ1n) is 9.21. The summed E-state index contributed by atoms with van der Waals surface area (Å²) in [5, 5.41) is 6.49. The van der Waals surface area contributed by atoms with Gasteiger partial charge in [-0.1, -0.05) is 36.4 Å². The van der Waals surface area contributed by atoms with Gasteiger partial charge in [0.15, 0.2) is 12.6 Å². The Kier molecular flexibility index (Phi) is 8.33. The average Bonchev–Trinajstić information content (AvgIpc) is 2.67. The molecular formula is C21H27F3N4O. The zero-order chi connectivity index (χ0) is 21.3. The normalized spacial score (nSPS) is 12.2. The second-order valence-corrected chi connectivity index (χ2v) is 6.83. The van der Waals surface area contributed by atoms with Gasteiger partial charge in [-0.05, 0) is 42.9 Å². The molecule has 2 aromatic rings. The molecule has 0 unspecified atom stereocenters. The van der Waals surface area contributed by atoms with Crippen molar-refractivity contribution in [1.29, 1.82) is 0 Å². The number of halogens is 3. The highest BCUT2D eigenvalue weighted by molar-refractivity contribution is 5.79. The van der Waals surface area contributed by atoms with E-state index in [1.165, 1.54) is 23.3 Å². The van der Waals surface area contributed by atoms with Crippen molar-refractivity contribution in [2.75, 3.05) is 27.7 Å². The first-order chi connectivity index (χ1) is 13.8. The lowest BCUT2D eigenvalue weighted by Gasteiger charge is -2.16. The Labute approximate surface area is 169 Å². The first-order valence-corrected chi connectivity index (χ1v) is 9.21. The Morgan fingerprint density at radius 3 is 2.17 bits per heavy atom. The monoisotopic (exact) mass is 408 g/mol. The quantitative estimate of drug-likeness (QED) is 0.518. The summed E-state index contributed by atoms with van der Waals surface area (Å²) < 4.78 is 41.3. The number of aliphatic imine (C=N–C) groups is 1. The number of nitrogens with zero attached hydrogens (tertiary/aromatic N) is 2. The van der Waals surface area contributed by atoms with Gasteiger partial charge in [-0.2, -0.15) is 13.2 Å². The smallest absolute Gasteiger partial charge is 0.422 e. The van der Waals surface area contributed by atoms with Crippen molar-refractivity contribution in [2.24, 2.45) is 4.99 Å². The summed E-state index contributed by atoms with van der Waals surface area (Å²) in [5.74, 6) is 0.827. The Morgan fingerprint density at radius 2 is 1.59 bits per heavy atom. The Hall–Kier alpha value is -2.74. The molecule has 0 heterocycles. The number of alkyl halides is 3. The maximum atomic E-state index is 12.2.